The van der Waals surface area contributed by atoms with E-state index in [9.17, 15) is 9.82 Å². The lowest BCUT2D eigenvalue weighted by Crippen LogP contribution is -2.37. The maximum absolute atomic E-state index is 13.0. The number of aliphatic imine (C=N–C) groups is 1. The SMILES string of the molecule is NC[C@@H](C(=O)Cc1ccc2cnccc2c1)c1cccc2c1N=COB2O. The molecule has 0 aliphatic carbocycles. The summed E-state index contributed by atoms with van der Waals surface area (Å²) in [6.07, 6.45) is 5.00. The van der Waals surface area contributed by atoms with Crippen LogP contribution < -0.4 is 11.2 Å². The predicted molar refractivity (Wildman–Crippen MR) is 106 cm³/mol. The van der Waals surface area contributed by atoms with E-state index in [0.29, 0.717) is 16.7 Å². The zero-order valence-electron chi connectivity index (χ0n) is 14.6. The van der Waals surface area contributed by atoms with Crippen molar-refractivity contribution in [3.63, 3.8) is 0 Å². The smallest absolute Gasteiger partial charge is 0.524 e. The van der Waals surface area contributed by atoms with Gasteiger partial charge in [0.1, 0.15) is 5.78 Å². The second-order valence-electron chi connectivity index (χ2n) is 6.50. The molecule has 0 unspecified atom stereocenters. The Morgan fingerprint density at radius 2 is 2.11 bits per heavy atom. The average molecular weight is 359 g/mol. The first-order valence-electron chi connectivity index (χ1n) is 8.71. The number of fused-ring (bicyclic) bond motifs is 2. The molecule has 3 N–H and O–H groups in total. The molecule has 1 aromatic heterocycles. The molecule has 4 rings (SSSR count). The Kier molecular flexibility index (Phi) is 4.70. The molecule has 6 nitrogen and oxygen atoms in total. The lowest BCUT2D eigenvalue weighted by Gasteiger charge is -2.21. The first-order chi connectivity index (χ1) is 13.2. The summed E-state index contributed by atoms with van der Waals surface area (Å²) in [6.45, 7) is 0.166. The van der Waals surface area contributed by atoms with Gasteiger partial charge in [0.25, 0.3) is 0 Å². The molecule has 3 aromatic rings. The van der Waals surface area contributed by atoms with Crippen molar-refractivity contribution in [3.8, 4) is 0 Å². The van der Waals surface area contributed by atoms with Crippen molar-refractivity contribution in [2.24, 2.45) is 10.7 Å². The first kappa shape index (κ1) is 17.4. The maximum Gasteiger partial charge on any atom is 0.562 e. The van der Waals surface area contributed by atoms with Crippen LogP contribution in [0.1, 0.15) is 17.0 Å². The van der Waals surface area contributed by atoms with Crippen molar-refractivity contribution in [2.75, 3.05) is 6.54 Å². The second kappa shape index (κ2) is 7.30. The summed E-state index contributed by atoms with van der Waals surface area (Å²) in [5, 5.41) is 12.1. The summed E-state index contributed by atoms with van der Waals surface area (Å²) in [7, 11) is -1.08. The number of hydrogen-bond acceptors (Lipinski definition) is 6. The molecule has 1 aliphatic rings. The number of nitrogens with zero attached hydrogens (tertiary/aromatic N) is 2. The average Bonchev–Trinajstić information content (AvgIpc) is 2.69. The highest BCUT2D eigenvalue weighted by molar-refractivity contribution is 6.63. The van der Waals surface area contributed by atoms with Crippen LogP contribution in [0.2, 0.25) is 0 Å². The van der Waals surface area contributed by atoms with E-state index < -0.39 is 13.0 Å². The Morgan fingerprint density at radius 1 is 1.22 bits per heavy atom. The standard InChI is InChI=1S/C20H18BN3O3/c22-10-17(16-2-1-3-18-20(16)24-12-27-21(18)26)19(25)9-13-4-5-15-11-23-7-6-14(15)8-13/h1-8,11-12,17,26H,9-10,22H2/t17-/m1/s1. The lowest BCUT2D eigenvalue weighted by atomic mass is 9.75. The number of carbonyl (C=O) groups excluding carboxylic acids is 1. The minimum absolute atomic E-state index is 0.00971. The van der Waals surface area contributed by atoms with E-state index in [1.165, 1.54) is 6.40 Å². The molecule has 1 atom stereocenters. The van der Waals surface area contributed by atoms with Crippen molar-refractivity contribution < 1.29 is 14.5 Å². The molecule has 27 heavy (non-hydrogen) atoms. The van der Waals surface area contributed by atoms with E-state index in [-0.39, 0.29) is 18.7 Å². The highest BCUT2D eigenvalue weighted by atomic mass is 16.5. The Morgan fingerprint density at radius 3 is 2.96 bits per heavy atom. The number of pyridine rings is 1. The van der Waals surface area contributed by atoms with Crippen LogP contribution >= 0.6 is 0 Å². The van der Waals surface area contributed by atoms with Gasteiger partial charge in [-0.1, -0.05) is 36.4 Å². The van der Waals surface area contributed by atoms with Crippen LogP contribution in [0.25, 0.3) is 10.8 Å². The van der Waals surface area contributed by atoms with E-state index in [1.807, 2.05) is 30.3 Å². The summed E-state index contributed by atoms with van der Waals surface area (Å²) in [5.41, 5.74) is 8.68. The normalized spacial score (nSPS) is 13.9. The molecule has 1 aliphatic heterocycles. The van der Waals surface area contributed by atoms with Crippen LogP contribution in [0.3, 0.4) is 0 Å². The monoisotopic (exact) mass is 359 g/mol. The van der Waals surface area contributed by atoms with Gasteiger partial charge in [0.05, 0.1) is 11.6 Å². The third kappa shape index (κ3) is 3.34. The van der Waals surface area contributed by atoms with Crippen molar-refractivity contribution in [1.82, 2.24) is 4.98 Å². The van der Waals surface area contributed by atoms with E-state index in [2.05, 4.69) is 9.98 Å². The molecule has 2 heterocycles. The Hall–Kier alpha value is -3.03. The summed E-state index contributed by atoms with van der Waals surface area (Å²) >= 11 is 0. The largest absolute Gasteiger partial charge is 0.562 e. The quantitative estimate of drug-likeness (QED) is 0.673. The zero-order chi connectivity index (χ0) is 18.8. The summed E-state index contributed by atoms with van der Waals surface area (Å²) in [5.74, 6) is -0.494. The van der Waals surface area contributed by atoms with E-state index in [1.54, 1.807) is 24.5 Å². The van der Waals surface area contributed by atoms with Gasteiger partial charge in [0, 0.05) is 36.2 Å². The van der Waals surface area contributed by atoms with Crippen LogP contribution in [-0.2, 0) is 15.9 Å². The topological polar surface area (TPSA) is 97.8 Å². The number of nitrogens with two attached hydrogens (primary N) is 1. The summed E-state index contributed by atoms with van der Waals surface area (Å²) in [4.78, 5) is 21.3. The van der Waals surface area contributed by atoms with Gasteiger partial charge in [-0.15, -0.1) is 0 Å². The Balaban J connectivity index is 1.64. The predicted octanol–water partition coefficient (Wildman–Crippen LogP) is 1.47. The van der Waals surface area contributed by atoms with Gasteiger partial charge in [0.2, 0.25) is 0 Å². The third-order valence-electron chi connectivity index (χ3n) is 4.82. The Labute approximate surface area is 156 Å². The fourth-order valence-corrected chi connectivity index (χ4v) is 3.42. The molecule has 0 saturated carbocycles. The molecule has 0 radical (unpaired) electrons. The summed E-state index contributed by atoms with van der Waals surface area (Å²) < 4.78 is 5.01. The molecule has 7 heteroatoms. The molecule has 134 valence electrons. The minimum Gasteiger partial charge on any atom is -0.524 e. The molecule has 2 aromatic carbocycles. The number of Topliss-reactive ketones (excluding diaryl/α,β-unsaturated/α-hetero) is 1. The van der Waals surface area contributed by atoms with E-state index in [4.69, 9.17) is 10.4 Å². The van der Waals surface area contributed by atoms with Gasteiger partial charge in [-0.2, -0.15) is 0 Å². The number of ketones is 1. The molecule has 0 bridgehead atoms. The van der Waals surface area contributed by atoms with Crippen LogP contribution in [-0.4, -0.2) is 35.9 Å². The number of carbonyl (C=O) groups is 1. The van der Waals surface area contributed by atoms with Crippen molar-refractivity contribution in [2.45, 2.75) is 12.3 Å². The molecular formula is C20H18BN3O3. The number of para-hydroxylation sites is 1. The van der Waals surface area contributed by atoms with E-state index >= 15 is 0 Å². The lowest BCUT2D eigenvalue weighted by molar-refractivity contribution is -0.119. The van der Waals surface area contributed by atoms with Gasteiger partial charge in [-0.25, -0.2) is 4.99 Å². The van der Waals surface area contributed by atoms with Crippen LogP contribution in [0.15, 0.2) is 59.9 Å². The fraction of sp³-hybridized carbons (Fsp3) is 0.150. The molecule has 0 fully saturated rings. The van der Waals surface area contributed by atoms with Gasteiger partial charge in [-0.3, -0.25) is 9.78 Å². The van der Waals surface area contributed by atoms with Gasteiger partial charge in [-0.05, 0) is 22.6 Å². The zero-order valence-corrected chi connectivity index (χ0v) is 14.6. The van der Waals surface area contributed by atoms with Crippen molar-refractivity contribution >= 4 is 41.2 Å². The molecule has 0 spiro atoms. The fourth-order valence-electron chi connectivity index (χ4n) is 3.42. The number of hydrogen-bond donors (Lipinski definition) is 2. The second-order valence-corrected chi connectivity index (χ2v) is 6.50. The van der Waals surface area contributed by atoms with Gasteiger partial charge < -0.3 is 15.4 Å². The maximum atomic E-state index is 13.0. The van der Waals surface area contributed by atoms with Crippen molar-refractivity contribution in [3.05, 3.63) is 66.0 Å². The number of benzene rings is 2. The summed E-state index contributed by atoms with van der Waals surface area (Å²) in [6, 6.07) is 13.2. The highest BCUT2D eigenvalue weighted by Crippen LogP contribution is 2.28. The van der Waals surface area contributed by atoms with Crippen LogP contribution in [0.5, 0.6) is 0 Å². The van der Waals surface area contributed by atoms with Gasteiger partial charge >= 0.3 is 7.12 Å². The van der Waals surface area contributed by atoms with Gasteiger partial charge in [0.15, 0.2) is 6.40 Å². The Bertz CT molecular complexity index is 1040. The number of aromatic nitrogens is 1. The van der Waals surface area contributed by atoms with Crippen molar-refractivity contribution in [1.29, 1.82) is 0 Å². The molecule has 0 amide bonds. The molecular weight excluding hydrogens is 341 g/mol. The van der Waals surface area contributed by atoms with Crippen LogP contribution in [0, 0.1) is 0 Å². The van der Waals surface area contributed by atoms with Crippen LogP contribution in [0.4, 0.5) is 5.69 Å². The minimum atomic E-state index is -1.08. The highest BCUT2D eigenvalue weighted by Gasteiger charge is 2.30. The number of rotatable bonds is 5. The first-order valence-corrected chi connectivity index (χ1v) is 8.71. The third-order valence-corrected chi connectivity index (χ3v) is 4.82. The molecule has 0 saturated heterocycles. The van der Waals surface area contributed by atoms with E-state index in [0.717, 1.165) is 16.3 Å².